The first kappa shape index (κ1) is 31.0. The Morgan fingerprint density at radius 1 is 0.628 bits per heavy atom. The van der Waals surface area contributed by atoms with Gasteiger partial charge in [0.25, 0.3) is 10.1 Å². The molecule has 1 heterocycles. The predicted octanol–water partition coefficient (Wildman–Crippen LogP) is 5.17. The van der Waals surface area contributed by atoms with Gasteiger partial charge in [-0.15, -0.1) is 0 Å². The van der Waals surface area contributed by atoms with Crippen molar-refractivity contribution in [2.24, 2.45) is 0 Å². The van der Waals surface area contributed by atoms with Crippen LogP contribution in [-0.2, 0) is 53.1 Å². The van der Waals surface area contributed by atoms with E-state index in [1.807, 2.05) is 97.9 Å². The smallest absolute Gasteiger partial charge is 0.297 e. The van der Waals surface area contributed by atoms with Gasteiger partial charge in [0.05, 0.1) is 31.3 Å². The van der Waals surface area contributed by atoms with Crippen molar-refractivity contribution in [3.8, 4) is 0 Å². The van der Waals surface area contributed by atoms with Crippen molar-refractivity contribution < 1.29 is 36.7 Å². The lowest BCUT2D eigenvalue weighted by Gasteiger charge is -2.44. The van der Waals surface area contributed by atoms with Crippen molar-refractivity contribution in [1.82, 2.24) is 0 Å². The first-order valence-electron chi connectivity index (χ1n) is 14.2. The lowest BCUT2D eigenvalue weighted by molar-refractivity contribution is -0.314. The average Bonchev–Trinajstić information content (AvgIpc) is 3.03. The fourth-order valence-electron chi connectivity index (χ4n) is 4.83. The Morgan fingerprint density at radius 3 is 1.56 bits per heavy atom. The Morgan fingerprint density at radius 2 is 1.07 bits per heavy atom. The molecule has 0 saturated carbocycles. The van der Waals surface area contributed by atoms with E-state index in [1.54, 1.807) is 12.1 Å². The van der Waals surface area contributed by atoms with Gasteiger partial charge in [-0.25, -0.2) is 0 Å². The van der Waals surface area contributed by atoms with Gasteiger partial charge in [0.1, 0.15) is 24.4 Å². The largest absolute Gasteiger partial charge is 0.368 e. The molecule has 1 unspecified atom stereocenters. The zero-order valence-corrected chi connectivity index (χ0v) is 24.7. The highest BCUT2D eigenvalue weighted by Crippen LogP contribution is 2.30. The molecule has 226 valence electrons. The highest BCUT2D eigenvalue weighted by Gasteiger charge is 2.48. The third-order valence-electron chi connectivity index (χ3n) is 7.16. The van der Waals surface area contributed by atoms with Crippen LogP contribution < -0.4 is 0 Å². The van der Waals surface area contributed by atoms with Crippen LogP contribution in [0.2, 0.25) is 0 Å². The van der Waals surface area contributed by atoms with E-state index in [0.29, 0.717) is 0 Å². The van der Waals surface area contributed by atoms with Crippen LogP contribution in [-0.4, -0.2) is 50.8 Å². The predicted molar refractivity (Wildman–Crippen MR) is 160 cm³/mol. The topological polar surface area (TPSA) is 101 Å². The molecule has 1 aliphatic heterocycles. The number of hydrogen-bond acceptors (Lipinski definition) is 8. The van der Waals surface area contributed by atoms with Gasteiger partial charge in [-0.3, -0.25) is 4.18 Å². The quantitative estimate of drug-likeness (QED) is 0.209. The molecule has 5 atom stereocenters. The Hall–Kier alpha value is -3.41. The summed E-state index contributed by atoms with van der Waals surface area (Å²) >= 11 is 0. The maximum Gasteiger partial charge on any atom is 0.297 e. The van der Waals surface area contributed by atoms with Gasteiger partial charge in [-0.1, -0.05) is 109 Å². The molecule has 5 rings (SSSR count). The summed E-state index contributed by atoms with van der Waals surface area (Å²) in [5.41, 5.74) is 3.66. The number of benzene rings is 4. The van der Waals surface area contributed by atoms with Crippen molar-refractivity contribution in [1.29, 1.82) is 0 Å². The van der Waals surface area contributed by atoms with E-state index in [2.05, 4.69) is 0 Å². The summed E-state index contributed by atoms with van der Waals surface area (Å²) in [6.45, 7) is 2.08. The molecule has 4 aromatic carbocycles. The minimum absolute atomic E-state index is 0.0251. The van der Waals surface area contributed by atoms with Gasteiger partial charge in [-0.05, 0) is 35.7 Å². The SMILES string of the molecule is Cc1ccc(S(=O)(=O)OC[C@H]2O[C@H](O)[C@H](OCc3ccccc3)[C@@H](OCc3ccccc3)C2OCc2ccccc2)cc1. The van der Waals surface area contributed by atoms with Gasteiger partial charge >= 0.3 is 0 Å². The van der Waals surface area contributed by atoms with Crippen LogP contribution in [0.5, 0.6) is 0 Å². The van der Waals surface area contributed by atoms with E-state index in [0.717, 1.165) is 22.3 Å². The minimum atomic E-state index is -4.11. The first-order chi connectivity index (χ1) is 20.9. The van der Waals surface area contributed by atoms with E-state index in [1.165, 1.54) is 12.1 Å². The van der Waals surface area contributed by atoms with Gasteiger partial charge < -0.3 is 24.1 Å². The molecule has 0 spiro atoms. The lowest BCUT2D eigenvalue weighted by Crippen LogP contribution is -2.61. The van der Waals surface area contributed by atoms with E-state index < -0.39 is 47.4 Å². The summed E-state index contributed by atoms with van der Waals surface area (Å²) in [5, 5.41) is 11.2. The Balaban J connectivity index is 1.40. The molecule has 1 saturated heterocycles. The second kappa shape index (κ2) is 14.9. The summed E-state index contributed by atoms with van der Waals surface area (Å²) in [6.07, 6.45) is -5.03. The molecule has 1 fully saturated rings. The second-order valence-corrected chi connectivity index (χ2v) is 12.0. The van der Waals surface area contributed by atoms with Crippen LogP contribution in [0.15, 0.2) is 120 Å². The molecule has 4 aromatic rings. The lowest BCUT2D eigenvalue weighted by atomic mass is 9.98. The van der Waals surface area contributed by atoms with E-state index in [-0.39, 0.29) is 24.7 Å². The van der Waals surface area contributed by atoms with E-state index >= 15 is 0 Å². The molecule has 43 heavy (non-hydrogen) atoms. The van der Waals surface area contributed by atoms with Crippen molar-refractivity contribution in [3.05, 3.63) is 138 Å². The third kappa shape index (κ3) is 8.58. The van der Waals surface area contributed by atoms with Gasteiger partial charge in [0.15, 0.2) is 6.29 Å². The number of ether oxygens (including phenoxy) is 4. The molecule has 0 radical (unpaired) electrons. The van der Waals surface area contributed by atoms with Crippen molar-refractivity contribution >= 4 is 10.1 Å². The summed E-state index contributed by atoms with van der Waals surface area (Å²) in [7, 11) is -4.11. The number of aliphatic hydroxyl groups excluding tert-OH is 1. The molecule has 0 aromatic heterocycles. The van der Waals surface area contributed by atoms with Crippen molar-refractivity contribution in [3.63, 3.8) is 0 Å². The fourth-order valence-corrected chi connectivity index (χ4v) is 5.75. The molecule has 8 nitrogen and oxygen atoms in total. The number of rotatable bonds is 13. The van der Waals surface area contributed by atoms with Crippen LogP contribution in [0.25, 0.3) is 0 Å². The van der Waals surface area contributed by atoms with Crippen LogP contribution >= 0.6 is 0 Å². The first-order valence-corrected chi connectivity index (χ1v) is 15.6. The molecule has 1 aliphatic rings. The highest BCUT2D eigenvalue weighted by atomic mass is 32.2. The summed E-state index contributed by atoms with van der Waals surface area (Å²) in [4.78, 5) is 0.0251. The summed E-state index contributed by atoms with van der Waals surface area (Å²) in [5.74, 6) is 0. The van der Waals surface area contributed by atoms with Crippen LogP contribution in [0, 0.1) is 6.92 Å². The Bertz CT molecular complexity index is 1500. The molecule has 1 N–H and O–H groups in total. The maximum atomic E-state index is 13.0. The number of hydrogen-bond donors (Lipinski definition) is 1. The van der Waals surface area contributed by atoms with Crippen molar-refractivity contribution in [2.45, 2.75) is 62.3 Å². The molecule has 0 bridgehead atoms. The fraction of sp³-hybridized carbons (Fsp3) is 0.294. The van der Waals surface area contributed by atoms with Gasteiger partial charge in [-0.2, -0.15) is 8.42 Å². The Labute approximate surface area is 252 Å². The second-order valence-electron chi connectivity index (χ2n) is 10.4. The Kier molecular flexibility index (Phi) is 10.7. The monoisotopic (exact) mass is 604 g/mol. The van der Waals surface area contributed by atoms with E-state index in [4.69, 9.17) is 23.1 Å². The van der Waals surface area contributed by atoms with Gasteiger partial charge in [0.2, 0.25) is 0 Å². The summed E-state index contributed by atoms with van der Waals surface area (Å²) in [6, 6.07) is 35.1. The molecular formula is C34H36O8S. The molecule has 9 heteroatoms. The zero-order chi connectivity index (χ0) is 30.1. The van der Waals surface area contributed by atoms with Crippen LogP contribution in [0.4, 0.5) is 0 Å². The average molecular weight is 605 g/mol. The van der Waals surface area contributed by atoms with E-state index in [9.17, 15) is 13.5 Å². The third-order valence-corrected chi connectivity index (χ3v) is 8.46. The molecule has 0 amide bonds. The normalized spacial score (nSPS) is 22.3. The number of aliphatic hydroxyl groups is 1. The standard InChI is InChI=1S/C34H36O8S/c1-25-17-19-29(20-18-25)43(36,37)41-24-30-31(38-21-26-11-5-2-6-12-26)32(39-22-27-13-7-3-8-14-27)33(34(35)42-30)40-23-28-15-9-4-10-16-28/h2-20,30-35H,21-24H2,1H3/t30-,31?,32+,33-,34+/m1/s1. The van der Waals surface area contributed by atoms with Gasteiger partial charge in [0, 0.05) is 0 Å². The van der Waals surface area contributed by atoms with Crippen molar-refractivity contribution in [2.75, 3.05) is 6.61 Å². The summed E-state index contributed by atoms with van der Waals surface area (Å²) < 4.78 is 56.5. The van der Waals surface area contributed by atoms with Crippen LogP contribution in [0.3, 0.4) is 0 Å². The molecular weight excluding hydrogens is 568 g/mol. The number of aryl methyl sites for hydroxylation is 1. The minimum Gasteiger partial charge on any atom is -0.368 e. The van der Waals surface area contributed by atoms with Crippen LogP contribution in [0.1, 0.15) is 22.3 Å². The zero-order valence-electron chi connectivity index (χ0n) is 23.9. The highest BCUT2D eigenvalue weighted by molar-refractivity contribution is 7.86. The maximum absolute atomic E-state index is 13.0. The molecule has 0 aliphatic carbocycles.